The summed E-state index contributed by atoms with van der Waals surface area (Å²) in [5, 5.41) is 6.08. The molecule has 1 atom stereocenters. The van der Waals surface area contributed by atoms with Gasteiger partial charge in [0.2, 0.25) is 0 Å². The van der Waals surface area contributed by atoms with Gasteiger partial charge in [-0.15, -0.1) is 0 Å². The van der Waals surface area contributed by atoms with E-state index in [1.807, 2.05) is 36.4 Å². The van der Waals surface area contributed by atoms with Gasteiger partial charge in [0.1, 0.15) is 12.0 Å². The van der Waals surface area contributed by atoms with Crippen molar-refractivity contribution in [3.63, 3.8) is 0 Å². The molecule has 1 unspecified atom stereocenters. The SMILES string of the molecule is CC1(C)c2ccccc2-c2ccc(-c3ccc(-c4ccc5c6ccccc6n(-c6ccc(C7N=C(c8ccccc8)N=C(c8ccccc8)N7)cc6)c5c4)cc3)cc21. The number of amidine groups is 2. The lowest BCUT2D eigenvalue weighted by Crippen LogP contribution is -2.33. The molecule has 0 spiro atoms. The van der Waals surface area contributed by atoms with E-state index < -0.39 is 0 Å². The standard InChI is InChI=1S/C54H40N4/c1-54(2)47-19-11-9-17-43(47)44-31-27-40(33-48(44)54)35-21-23-36(24-22-35)41-28-32-46-45-18-10-12-20-49(45)58(50(46)34-41)42-29-25-39(26-30-42)53-56-51(37-13-5-3-6-14-37)55-52(57-53)38-15-7-4-8-16-38/h3-34,53H,1-2H3,(H,55,56,57). The summed E-state index contributed by atoms with van der Waals surface area (Å²) in [6.45, 7) is 4.69. The van der Waals surface area contributed by atoms with Crippen LogP contribution in [0.1, 0.15) is 47.8 Å². The normalized spacial score (nSPS) is 15.4. The van der Waals surface area contributed by atoms with Gasteiger partial charge in [0.05, 0.1) is 11.0 Å². The van der Waals surface area contributed by atoms with Crippen molar-refractivity contribution in [3.8, 4) is 39.1 Å². The summed E-state index contributed by atoms with van der Waals surface area (Å²) in [4.78, 5) is 10.1. The van der Waals surface area contributed by atoms with Crippen molar-refractivity contribution in [2.24, 2.45) is 9.98 Å². The molecule has 58 heavy (non-hydrogen) atoms. The van der Waals surface area contributed by atoms with Crippen LogP contribution >= 0.6 is 0 Å². The largest absolute Gasteiger partial charge is 0.344 e. The third-order valence-electron chi connectivity index (χ3n) is 12.1. The van der Waals surface area contributed by atoms with Crippen molar-refractivity contribution < 1.29 is 0 Å². The number of fused-ring (bicyclic) bond motifs is 6. The number of aliphatic imine (C=N–C) groups is 2. The molecule has 0 amide bonds. The molecule has 11 rings (SSSR count). The topological polar surface area (TPSA) is 41.7 Å². The second kappa shape index (κ2) is 13.4. The lowest BCUT2D eigenvalue weighted by atomic mass is 9.81. The Morgan fingerprint density at radius 3 is 1.81 bits per heavy atom. The number of nitrogens with one attached hydrogen (secondary N) is 1. The second-order valence-corrected chi connectivity index (χ2v) is 15.9. The molecule has 0 fully saturated rings. The van der Waals surface area contributed by atoms with Crippen molar-refractivity contribution in [2.45, 2.75) is 25.4 Å². The minimum absolute atomic E-state index is 0.0244. The van der Waals surface area contributed by atoms with E-state index in [1.165, 1.54) is 66.3 Å². The van der Waals surface area contributed by atoms with Gasteiger partial charge >= 0.3 is 0 Å². The Labute approximate surface area is 338 Å². The van der Waals surface area contributed by atoms with Crippen molar-refractivity contribution >= 4 is 33.5 Å². The van der Waals surface area contributed by atoms with Crippen LogP contribution < -0.4 is 5.32 Å². The fraction of sp³-hybridized carbons (Fsp3) is 0.0741. The van der Waals surface area contributed by atoms with Gasteiger partial charge in [-0.3, -0.25) is 0 Å². The number of nitrogens with zero attached hydrogens (tertiary/aromatic N) is 3. The van der Waals surface area contributed by atoms with Crippen LogP contribution in [0.25, 0.3) is 60.9 Å². The smallest absolute Gasteiger partial charge is 0.159 e. The van der Waals surface area contributed by atoms with Crippen molar-refractivity contribution in [3.05, 3.63) is 222 Å². The molecule has 1 aliphatic heterocycles. The van der Waals surface area contributed by atoms with Crippen LogP contribution in [0.4, 0.5) is 0 Å². The molecule has 0 bridgehead atoms. The summed E-state index contributed by atoms with van der Waals surface area (Å²) in [6, 6.07) is 69.7. The number of aromatic nitrogens is 1. The number of benzene rings is 8. The molecule has 9 aromatic rings. The van der Waals surface area contributed by atoms with Gasteiger partial charge in [-0.2, -0.15) is 0 Å². The van der Waals surface area contributed by atoms with Gasteiger partial charge in [-0.25, -0.2) is 9.98 Å². The average Bonchev–Trinajstić information content (AvgIpc) is 3.74. The van der Waals surface area contributed by atoms with Gasteiger partial charge in [-0.05, 0) is 80.4 Å². The Morgan fingerprint density at radius 2 is 1.05 bits per heavy atom. The van der Waals surface area contributed by atoms with Crippen molar-refractivity contribution in [1.29, 1.82) is 0 Å². The number of para-hydroxylation sites is 1. The summed E-state index contributed by atoms with van der Waals surface area (Å²) in [5.41, 5.74) is 16.9. The fourth-order valence-electron chi connectivity index (χ4n) is 9.05. The maximum absolute atomic E-state index is 5.10. The summed E-state index contributed by atoms with van der Waals surface area (Å²) in [7, 11) is 0. The van der Waals surface area contributed by atoms with Crippen molar-refractivity contribution in [2.75, 3.05) is 0 Å². The second-order valence-electron chi connectivity index (χ2n) is 15.9. The van der Waals surface area contributed by atoms with E-state index in [2.05, 4.69) is 181 Å². The lowest BCUT2D eigenvalue weighted by molar-refractivity contribution is 0.660. The summed E-state index contributed by atoms with van der Waals surface area (Å²) < 4.78 is 2.39. The van der Waals surface area contributed by atoms with Crippen LogP contribution in [0.5, 0.6) is 0 Å². The quantitative estimate of drug-likeness (QED) is 0.181. The number of rotatable bonds is 6. The summed E-state index contributed by atoms with van der Waals surface area (Å²) in [6.07, 6.45) is -0.288. The number of hydrogen-bond donors (Lipinski definition) is 1. The first-order chi connectivity index (χ1) is 28.5. The molecule has 1 N–H and O–H groups in total. The molecular weight excluding hydrogens is 705 g/mol. The molecule has 0 saturated carbocycles. The zero-order valence-electron chi connectivity index (χ0n) is 32.4. The first-order valence-electron chi connectivity index (χ1n) is 20.0. The Hall–Kier alpha value is -7.30. The van der Waals surface area contributed by atoms with E-state index in [0.29, 0.717) is 0 Å². The van der Waals surface area contributed by atoms with Crippen LogP contribution in [0, 0.1) is 0 Å². The van der Waals surface area contributed by atoms with E-state index in [9.17, 15) is 0 Å². The molecule has 2 aliphatic rings. The van der Waals surface area contributed by atoms with E-state index >= 15 is 0 Å². The minimum atomic E-state index is -0.288. The van der Waals surface area contributed by atoms with Crippen LogP contribution in [0.2, 0.25) is 0 Å². The van der Waals surface area contributed by atoms with Crippen molar-refractivity contribution in [1.82, 2.24) is 9.88 Å². The highest BCUT2D eigenvalue weighted by Gasteiger charge is 2.35. The molecular formula is C54H40N4. The third kappa shape index (κ3) is 5.60. The van der Waals surface area contributed by atoms with Gasteiger partial charge in [0.25, 0.3) is 0 Å². The predicted octanol–water partition coefficient (Wildman–Crippen LogP) is 12.9. The van der Waals surface area contributed by atoms with Crippen LogP contribution in [-0.4, -0.2) is 16.2 Å². The van der Waals surface area contributed by atoms with Crippen LogP contribution in [-0.2, 0) is 5.41 Å². The maximum Gasteiger partial charge on any atom is 0.159 e. The third-order valence-corrected chi connectivity index (χ3v) is 12.1. The average molecular weight is 745 g/mol. The Morgan fingerprint density at radius 1 is 0.466 bits per heavy atom. The van der Waals surface area contributed by atoms with Gasteiger partial charge in [0.15, 0.2) is 5.84 Å². The predicted molar refractivity (Wildman–Crippen MR) is 241 cm³/mol. The first-order valence-corrected chi connectivity index (χ1v) is 20.0. The summed E-state index contributed by atoms with van der Waals surface area (Å²) >= 11 is 0. The van der Waals surface area contributed by atoms with E-state index in [4.69, 9.17) is 9.98 Å². The molecule has 4 heteroatoms. The van der Waals surface area contributed by atoms with Gasteiger partial charge in [-0.1, -0.05) is 178 Å². The molecule has 2 heterocycles. The first kappa shape index (κ1) is 34.0. The number of hydrogen-bond acceptors (Lipinski definition) is 3. The van der Waals surface area contributed by atoms with Gasteiger partial charge < -0.3 is 9.88 Å². The van der Waals surface area contributed by atoms with E-state index in [0.717, 1.165) is 34.0 Å². The molecule has 0 radical (unpaired) electrons. The highest BCUT2D eigenvalue weighted by molar-refractivity contribution is 6.13. The Kier molecular flexibility index (Phi) is 7.87. The van der Waals surface area contributed by atoms with E-state index in [1.54, 1.807) is 0 Å². The summed E-state index contributed by atoms with van der Waals surface area (Å²) in [5.74, 6) is 1.53. The Balaban J connectivity index is 0.934. The monoisotopic (exact) mass is 744 g/mol. The van der Waals surface area contributed by atoms with Gasteiger partial charge in [0, 0.05) is 33.0 Å². The van der Waals surface area contributed by atoms with E-state index in [-0.39, 0.29) is 11.6 Å². The Bertz CT molecular complexity index is 3080. The highest BCUT2D eigenvalue weighted by atomic mass is 15.2. The molecule has 1 aliphatic carbocycles. The molecule has 0 saturated heterocycles. The molecule has 4 nitrogen and oxygen atoms in total. The zero-order valence-corrected chi connectivity index (χ0v) is 32.4. The maximum atomic E-state index is 5.10. The molecule has 1 aromatic heterocycles. The fourth-order valence-corrected chi connectivity index (χ4v) is 9.05. The lowest BCUT2D eigenvalue weighted by Gasteiger charge is -2.24. The minimum Gasteiger partial charge on any atom is -0.344 e. The molecule has 8 aromatic carbocycles. The van der Waals surface area contributed by atoms with Crippen LogP contribution in [0.15, 0.2) is 204 Å². The van der Waals surface area contributed by atoms with Crippen LogP contribution in [0.3, 0.4) is 0 Å². The highest BCUT2D eigenvalue weighted by Crippen LogP contribution is 2.49. The molecule has 276 valence electrons. The zero-order chi connectivity index (χ0) is 38.8.